The van der Waals surface area contributed by atoms with E-state index in [1.54, 1.807) is 11.0 Å². The molecule has 0 aromatic carbocycles. The topological polar surface area (TPSA) is 23.5 Å². The van der Waals surface area contributed by atoms with Crippen molar-refractivity contribution >= 4 is 0 Å². The van der Waals surface area contributed by atoms with Crippen molar-refractivity contribution in [1.82, 2.24) is 4.90 Å². The Hall–Kier alpha value is -1.18. The van der Waals surface area contributed by atoms with Crippen molar-refractivity contribution in [3.63, 3.8) is 0 Å². The van der Waals surface area contributed by atoms with E-state index in [2.05, 4.69) is 13.0 Å². The van der Waals surface area contributed by atoms with Gasteiger partial charge in [-0.15, -0.1) is 0 Å². The first-order valence-corrected chi connectivity index (χ1v) is 3.77. The first-order chi connectivity index (χ1) is 5.25. The average Bonchev–Trinajstić information content (AvgIpc) is 1.99. The largest absolute Gasteiger partial charge is 0.494 e. The molecule has 1 aliphatic rings. The number of rotatable bonds is 1. The number of hydrogen-bond donors (Lipinski definition) is 1. The van der Waals surface area contributed by atoms with Gasteiger partial charge >= 0.3 is 0 Å². The molecule has 0 aromatic heterocycles. The Morgan fingerprint density at radius 1 is 1.64 bits per heavy atom. The van der Waals surface area contributed by atoms with Crippen LogP contribution in [0.2, 0.25) is 0 Å². The maximum atomic E-state index is 9.27. The molecule has 0 spiro atoms. The van der Waals surface area contributed by atoms with Crippen molar-refractivity contribution in [3.05, 3.63) is 35.9 Å². The van der Waals surface area contributed by atoms with Gasteiger partial charge < -0.3 is 10.0 Å². The van der Waals surface area contributed by atoms with Gasteiger partial charge in [-0.25, -0.2) is 0 Å². The number of likely N-dealkylation sites (N-methyl/N-ethyl adjacent to an activating group) is 1. The number of aliphatic hydroxyl groups is 1. The highest BCUT2D eigenvalue weighted by molar-refractivity contribution is 5.29. The maximum Gasteiger partial charge on any atom is 0.191 e. The molecule has 0 saturated heterocycles. The highest BCUT2D eigenvalue weighted by Crippen LogP contribution is 2.14. The van der Waals surface area contributed by atoms with Crippen LogP contribution in [0, 0.1) is 0 Å². The summed E-state index contributed by atoms with van der Waals surface area (Å²) in [6.45, 7) is 2.07. The summed E-state index contributed by atoms with van der Waals surface area (Å²) in [6, 6.07) is 0. The average molecular weight is 151 g/mol. The predicted molar refractivity (Wildman–Crippen MR) is 46.0 cm³/mol. The van der Waals surface area contributed by atoms with Gasteiger partial charge in [-0.3, -0.25) is 0 Å². The maximum absolute atomic E-state index is 9.27. The highest BCUT2D eigenvalue weighted by Gasteiger charge is 2.07. The Bertz CT molecular complexity index is 226. The van der Waals surface area contributed by atoms with E-state index < -0.39 is 0 Å². The summed E-state index contributed by atoms with van der Waals surface area (Å²) < 4.78 is 0. The van der Waals surface area contributed by atoms with Crippen LogP contribution in [0.5, 0.6) is 0 Å². The van der Waals surface area contributed by atoms with E-state index in [0.717, 1.165) is 12.1 Å². The second-order valence-electron chi connectivity index (χ2n) is 2.48. The van der Waals surface area contributed by atoms with Crippen molar-refractivity contribution in [2.45, 2.75) is 13.3 Å². The third-order valence-electron chi connectivity index (χ3n) is 1.66. The molecule has 1 rings (SSSR count). The van der Waals surface area contributed by atoms with E-state index in [1.165, 1.54) is 0 Å². The Balaban J connectivity index is 2.81. The molecule has 0 aromatic rings. The van der Waals surface area contributed by atoms with Gasteiger partial charge in [0, 0.05) is 12.7 Å². The lowest BCUT2D eigenvalue weighted by atomic mass is 10.2. The zero-order valence-electron chi connectivity index (χ0n) is 6.91. The SMILES string of the molecule is CCC=C1C=CC=C(O)N1C. The smallest absolute Gasteiger partial charge is 0.191 e. The third-order valence-corrected chi connectivity index (χ3v) is 1.66. The monoisotopic (exact) mass is 151 g/mol. The van der Waals surface area contributed by atoms with Crippen LogP contribution in [0.25, 0.3) is 0 Å². The van der Waals surface area contributed by atoms with Crippen LogP contribution in [-0.4, -0.2) is 17.1 Å². The van der Waals surface area contributed by atoms with Crippen molar-refractivity contribution in [3.8, 4) is 0 Å². The molecule has 0 bridgehead atoms. The van der Waals surface area contributed by atoms with E-state index >= 15 is 0 Å². The fourth-order valence-corrected chi connectivity index (χ4v) is 1.00. The summed E-state index contributed by atoms with van der Waals surface area (Å²) in [5.74, 6) is 0.298. The number of nitrogens with zero attached hydrogens (tertiary/aromatic N) is 1. The minimum Gasteiger partial charge on any atom is -0.494 e. The quantitative estimate of drug-likeness (QED) is 0.621. The fourth-order valence-electron chi connectivity index (χ4n) is 1.00. The van der Waals surface area contributed by atoms with E-state index in [0.29, 0.717) is 5.88 Å². The van der Waals surface area contributed by atoms with Crippen LogP contribution in [0.1, 0.15) is 13.3 Å². The zero-order chi connectivity index (χ0) is 8.27. The molecule has 1 heterocycles. The van der Waals surface area contributed by atoms with Crippen molar-refractivity contribution < 1.29 is 5.11 Å². The first kappa shape index (κ1) is 7.92. The van der Waals surface area contributed by atoms with E-state index in [9.17, 15) is 5.11 Å². The Morgan fingerprint density at radius 3 is 3.00 bits per heavy atom. The van der Waals surface area contributed by atoms with Gasteiger partial charge in [-0.2, -0.15) is 0 Å². The van der Waals surface area contributed by atoms with Gasteiger partial charge in [0.25, 0.3) is 0 Å². The minimum atomic E-state index is 0.298. The van der Waals surface area contributed by atoms with Crippen LogP contribution in [-0.2, 0) is 0 Å². The van der Waals surface area contributed by atoms with Crippen LogP contribution in [0.4, 0.5) is 0 Å². The fraction of sp³-hybridized carbons (Fsp3) is 0.333. The third kappa shape index (κ3) is 1.64. The first-order valence-electron chi connectivity index (χ1n) is 3.77. The standard InChI is InChI=1S/C9H13NO/c1-3-5-8-6-4-7-9(11)10(8)2/h4-7,11H,3H2,1-2H3. The minimum absolute atomic E-state index is 0.298. The summed E-state index contributed by atoms with van der Waals surface area (Å²) in [5.41, 5.74) is 1.05. The van der Waals surface area contributed by atoms with Gasteiger partial charge in [-0.05, 0) is 18.6 Å². The summed E-state index contributed by atoms with van der Waals surface area (Å²) >= 11 is 0. The zero-order valence-corrected chi connectivity index (χ0v) is 6.91. The molecule has 2 nitrogen and oxygen atoms in total. The van der Waals surface area contributed by atoms with E-state index in [4.69, 9.17) is 0 Å². The Kier molecular flexibility index (Phi) is 2.36. The molecule has 0 unspecified atom stereocenters. The molecule has 60 valence electrons. The molecule has 2 heteroatoms. The summed E-state index contributed by atoms with van der Waals surface area (Å²) in [4.78, 5) is 1.75. The number of hydrogen-bond acceptors (Lipinski definition) is 2. The second-order valence-corrected chi connectivity index (χ2v) is 2.48. The van der Waals surface area contributed by atoms with Gasteiger partial charge in [-0.1, -0.05) is 19.1 Å². The van der Waals surface area contributed by atoms with Crippen LogP contribution in [0.15, 0.2) is 35.9 Å². The van der Waals surface area contributed by atoms with Crippen molar-refractivity contribution in [2.75, 3.05) is 7.05 Å². The molecular weight excluding hydrogens is 138 g/mol. The second kappa shape index (κ2) is 3.28. The highest BCUT2D eigenvalue weighted by atomic mass is 16.3. The number of aliphatic hydroxyl groups excluding tert-OH is 1. The van der Waals surface area contributed by atoms with Gasteiger partial charge in [0.05, 0.1) is 0 Å². The molecule has 0 amide bonds. The molecular formula is C9H13NO. The Labute approximate surface area is 67.1 Å². The van der Waals surface area contributed by atoms with Crippen LogP contribution < -0.4 is 0 Å². The molecule has 0 atom stereocenters. The van der Waals surface area contributed by atoms with Gasteiger partial charge in [0.15, 0.2) is 5.88 Å². The molecule has 0 saturated carbocycles. The van der Waals surface area contributed by atoms with Gasteiger partial charge in [0.1, 0.15) is 0 Å². The van der Waals surface area contributed by atoms with E-state index in [-0.39, 0.29) is 0 Å². The number of allylic oxidation sites excluding steroid dienone is 4. The molecule has 0 radical (unpaired) electrons. The van der Waals surface area contributed by atoms with Crippen molar-refractivity contribution in [1.29, 1.82) is 0 Å². The summed E-state index contributed by atoms with van der Waals surface area (Å²) in [7, 11) is 1.84. The summed E-state index contributed by atoms with van der Waals surface area (Å²) in [6.07, 6.45) is 8.55. The van der Waals surface area contributed by atoms with Gasteiger partial charge in [0.2, 0.25) is 0 Å². The normalized spacial score (nSPS) is 20.7. The Morgan fingerprint density at radius 2 is 2.36 bits per heavy atom. The van der Waals surface area contributed by atoms with E-state index in [1.807, 2.05) is 19.2 Å². The molecule has 0 fully saturated rings. The molecule has 1 N–H and O–H groups in total. The lowest BCUT2D eigenvalue weighted by molar-refractivity contribution is 0.271. The molecule has 11 heavy (non-hydrogen) atoms. The molecule has 1 aliphatic heterocycles. The van der Waals surface area contributed by atoms with Crippen LogP contribution in [0.3, 0.4) is 0 Å². The lowest BCUT2D eigenvalue weighted by Gasteiger charge is -2.21. The molecule has 0 aliphatic carbocycles. The van der Waals surface area contributed by atoms with Crippen LogP contribution >= 0.6 is 0 Å². The van der Waals surface area contributed by atoms with Crippen molar-refractivity contribution in [2.24, 2.45) is 0 Å². The lowest BCUT2D eigenvalue weighted by Crippen LogP contribution is -2.17. The summed E-state index contributed by atoms with van der Waals surface area (Å²) in [5, 5.41) is 9.27. The predicted octanol–water partition coefficient (Wildman–Crippen LogP) is 2.18.